The largest absolute Gasteiger partial charge is 0.460 e. The lowest BCUT2D eigenvalue weighted by atomic mass is 10.0. The highest BCUT2D eigenvalue weighted by Gasteiger charge is 2.18. The van der Waals surface area contributed by atoms with E-state index in [0.717, 1.165) is 33.5 Å². The number of furan rings is 2. The standard InChI is InChI=1S/C20H18N4O2/c1-10(17-8-13-6-11(19(21)22)2-4-15(13)25-17)18-9-14-7-12(20(23)24)3-5-16(14)26-18/h2-10H,1H3,(H3,21,22)(H3,23,24). The van der Waals surface area contributed by atoms with Gasteiger partial charge in [0.1, 0.15) is 34.4 Å². The van der Waals surface area contributed by atoms with Crippen LogP contribution in [0.4, 0.5) is 0 Å². The van der Waals surface area contributed by atoms with Crippen molar-refractivity contribution in [3.05, 3.63) is 71.2 Å². The van der Waals surface area contributed by atoms with Gasteiger partial charge < -0.3 is 20.3 Å². The molecule has 0 saturated carbocycles. The van der Waals surface area contributed by atoms with E-state index in [9.17, 15) is 0 Å². The van der Waals surface area contributed by atoms with E-state index < -0.39 is 0 Å². The predicted octanol–water partition coefficient (Wildman–Crippen LogP) is 3.90. The Morgan fingerprint density at radius 2 is 1.19 bits per heavy atom. The maximum Gasteiger partial charge on any atom is 0.134 e. The van der Waals surface area contributed by atoms with E-state index in [-0.39, 0.29) is 17.6 Å². The molecule has 4 rings (SSSR count). The molecule has 2 aromatic heterocycles. The lowest BCUT2D eigenvalue weighted by Crippen LogP contribution is -2.10. The van der Waals surface area contributed by atoms with Gasteiger partial charge in [0.25, 0.3) is 0 Å². The molecule has 0 aliphatic rings. The van der Waals surface area contributed by atoms with Crippen LogP contribution in [0, 0.1) is 10.8 Å². The van der Waals surface area contributed by atoms with Gasteiger partial charge in [0.15, 0.2) is 0 Å². The molecule has 6 heteroatoms. The van der Waals surface area contributed by atoms with E-state index in [1.54, 1.807) is 12.1 Å². The number of amidine groups is 2. The molecule has 4 aromatic rings. The Kier molecular flexibility index (Phi) is 3.54. The monoisotopic (exact) mass is 346 g/mol. The smallest absolute Gasteiger partial charge is 0.134 e. The molecule has 0 fully saturated rings. The second-order valence-corrected chi connectivity index (χ2v) is 6.35. The first kappa shape index (κ1) is 16.0. The molecule has 0 aliphatic heterocycles. The first-order valence-corrected chi connectivity index (χ1v) is 8.18. The average molecular weight is 346 g/mol. The Labute approximate surface area is 149 Å². The fraction of sp³-hybridized carbons (Fsp3) is 0.100. The van der Waals surface area contributed by atoms with Crippen molar-refractivity contribution in [3.8, 4) is 0 Å². The first-order chi connectivity index (χ1) is 12.4. The van der Waals surface area contributed by atoms with Crippen molar-refractivity contribution in [3.63, 3.8) is 0 Å². The van der Waals surface area contributed by atoms with Gasteiger partial charge in [0.2, 0.25) is 0 Å². The van der Waals surface area contributed by atoms with Crippen LogP contribution < -0.4 is 11.5 Å². The van der Waals surface area contributed by atoms with Crippen molar-refractivity contribution in [2.75, 3.05) is 0 Å². The second kappa shape index (κ2) is 5.77. The minimum atomic E-state index is -0.0867. The van der Waals surface area contributed by atoms with E-state index in [2.05, 4.69) is 0 Å². The highest BCUT2D eigenvalue weighted by Crippen LogP contribution is 2.33. The van der Waals surface area contributed by atoms with Gasteiger partial charge in [-0.2, -0.15) is 0 Å². The van der Waals surface area contributed by atoms with Crippen LogP contribution in [0.15, 0.2) is 57.4 Å². The number of rotatable bonds is 4. The average Bonchev–Trinajstić information content (AvgIpc) is 3.23. The van der Waals surface area contributed by atoms with Crippen molar-refractivity contribution in [1.82, 2.24) is 0 Å². The molecule has 0 amide bonds. The van der Waals surface area contributed by atoms with Crippen molar-refractivity contribution in [2.24, 2.45) is 11.5 Å². The summed E-state index contributed by atoms with van der Waals surface area (Å²) >= 11 is 0. The molecule has 0 spiro atoms. The summed E-state index contributed by atoms with van der Waals surface area (Å²) in [4.78, 5) is 0. The SMILES string of the molecule is CC(c1cc2cc(C(=N)N)ccc2o1)c1cc2cc(C(=N)N)ccc2o1. The molecule has 2 aromatic carbocycles. The quantitative estimate of drug-likeness (QED) is 0.330. The number of hydrogen-bond donors (Lipinski definition) is 4. The summed E-state index contributed by atoms with van der Waals surface area (Å²) in [5, 5.41) is 16.9. The van der Waals surface area contributed by atoms with Crippen LogP contribution in [0.5, 0.6) is 0 Å². The predicted molar refractivity (Wildman–Crippen MR) is 102 cm³/mol. The fourth-order valence-electron chi connectivity index (χ4n) is 3.03. The molecule has 130 valence electrons. The Bertz CT molecular complexity index is 1080. The lowest BCUT2D eigenvalue weighted by molar-refractivity contribution is 0.472. The third kappa shape index (κ3) is 2.61. The number of nitrogens with one attached hydrogen (secondary N) is 2. The molecular weight excluding hydrogens is 328 g/mol. The molecule has 0 atom stereocenters. The van der Waals surface area contributed by atoms with Crippen LogP contribution in [0.2, 0.25) is 0 Å². The molecule has 0 aliphatic carbocycles. The molecule has 6 nitrogen and oxygen atoms in total. The number of benzene rings is 2. The number of nitrogen functional groups attached to an aromatic ring is 2. The maximum absolute atomic E-state index is 7.55. The molecule has 0 radical (unpaired) electrons. The Balaban J connectivity index is 1.73. The van der Waals surface area contributed by atoms with E-state index in [1.807, 2.05) is 43.3 Å². The fourth-order valence-corrected chi connectivity index (χ4v) is 3.03. The van der Waals surface area contributed by atoms with E-state index >= 15 is 0 Å². The van der Waals surface area contributed by atoms with Gasteiger partial charge in [-0.05, 0) is 55.5 Å². The van der Waals surface area contributed by atoms with Gasteiger partial charge in [-0.25, -0.2) is 0 Å². The number of fused-ring (bicyclic) bond motifs is 2. The normalized spacial score (nSPS) is 12.5. The van der Waals surface area contributed by atoms with E-state index in [1.165, 1.54) is 0 Å². The topological polar surface area (TPSA) is 126 Å². The van der Waals surface area contributed by atoms with Crippen LogP contribution in [-0.4, -0.2) is 11.7 Å². The third-order valence-electron chi connectivity index (χ3n) is 4.55. The summed E-state index contributed by atoms with van der Waals surface area (Å²) in [5.41, 5.74) is 13.9. The van der Waals surface area contributed by atoms with Crippen LogP contribution in [0.25, 0.3) is 21.9 Å². The summed E-state index contributed by atoms with van der Waals surface area (Å²) in [6, 6.07) is 14.8. The molecule has 2 heterocycles. The maximum atomic E-state index is 7.55. The van der Waals surface area contributed by atoms with Crippen LogP contribution in [-0.2, 0) is 0 Å². The van der Waals surface area contributed by atoms with Gasteiger partial charge in [-0.15, -0.1) is 0 Å². The third-order valence-corrected chi connectivity index (χ3v) is 4.55. The highest BCUT2D eigenvalue weighted by atomic mass is 16.4. The van der Waals surface area contributed by atoms with E-state index in [4.69, 9.17) is 31.1 Å². The summed E-state index contributed by atoms with van der Waals surface area (Å²) in [6.07, 6.45) is 0. The summed E-state index contributed by atoms with van der Waals surface area (Å²) in [7, 11) is 0. The molecule has 0 bridgehead atoms. The molecule has 0 unspecified atom stereocenters. The Morgan fingerprint density at radius 1 is 0.769 bits per heavy atom. The van der Waals surface area contributed by atoms with Crippen LogP contribution in [0.1, 0.15) is 35.5 Å². The summed E-state index contributed by atoms with van der Waals surface area (Å²) < 4.78 is 11.9. The Morgan fingerprint density at radius 3 is 1.58 bits per heavy atom. The minimum absolute atomic E-state index is 0.0289. The van der Waals surface area contributed by atoms with Crippen molar-refractivity contribution >= 4 is 33.6 Å². The molecule has 26 heavy (non-hydrogen) atoms. The summed E-state index contributed by atoms with van der Waals surface area (Å²) in [5.74, 6) is 1.51. The molecule has 0 saturated heterocycles. The van der Waals surface area contributed by atoms with Crippen LogP contribution >= 0.6 is 0 Å². The van der Waals surface area contributed by atoms with Gasteiger partial charge in [0.05, 0.1) is 5.92 Å². The highest BCUT2D eigenvalue weighted by molar-refractivity contribution is 5.99. The van der Waals surface area contributed by atoms with Gasteiger partial charge in [0, 0.05) is 21.9 Å². The minimum Gasteiger partial charge on any atom is -0.460 e. The van der Waals surface area contributed by atoms with Crippen molar-refractivity contribution in [1.29, 1.82) is 10.8 Å². The van der Waals surface area contributed by atoms with Crippen molar-refractivity contribution < 1.29 is 8.83 Å². The van der Waals surface area contributed by atoms with Gasteiger partial charge in [-0.3, -0.25) is 10.8 Å². The molecule has 6 N–H and O–H groups in total. The lowest BCUT2D eigenvalue weighted by Gasteiger charge is -2.03. The van der Waals surface area contributed by atoms with Gasteiger partial charge in [-0.1, -0.05) is 0 Å². The summed E-state index contributed by atoms with van der Waals surface area (Å²) in [6.45, 7) is 2.01. The first-order valence-electron chi connectivity index (χ1n) is 8.18. The number of hydrogen-bond acceptors (Lipinski definition) is 4. The molecular formula is C20H18N4O2. The van der Waals surface area contributed by atoms with Gasteiger partial charge >= 0.3 is 0 Å². The van der Waals surface area contributed by atoms with E-state index in [0.29, 0.717) is 11.1 Å². The second-order valence-electron chi connectivity index (χ2n) is 6.35. The Hall–Kier alpha value is -3.54. The zero-order valence-electron chi connectivity index (χ0n) is 14.2. The number of nitrogens with two attached hydrogens (primary N) is 2. The van der Waals surface area contributed by atoms with Crippen LogP contribution in [0.3, 0.4) is 0 Å². The zero-order chi connectivity index (χ0) is 18.4. The van der Waals surface area contributed by atoms with Crippen molar-refractivity contribution in [2.45, 2.75) is 12.8 Å². The zero-order valence-corrected chi connectivity index (χ0v) is 14.2.